The Bertz CT molecular complexity index is 612. The van der Waals surface area contributed by atoms with Crippen molar-refractivity contribution in [2.75, 3.05) is 18.9 Å². The minimum absolute atomic E-state index is 0.0555. The number of aryl methyl sites for hydroxylation is 1. The van der Waals surface area contributed by atoms with E-state index in [2.05, 4.69) is 19.1 Å². The van der Waals surface area contributed by atoms with Crippen LogP contribution in [0.1, 0.15) is 15.1 Å². The molecule has 1 atom stereocenters. The predicted molar refractivity (Wildman–Crippen MR) is 87.9 cm³/mol. The molecule has 0 saturated carbocycles. The summed E-state index contributed by atoms with van der Waals surface area (Å²) in [6.45, 7) is 2.99. The Kier molecular flexibility index (Phi) is 4.51. The number of para-hydroxylation sites is 1. The number of carbonyl (C=O) groups excluding carboxylic acids is 1. The number of hydrogen-bond donors (Lipinski definition) is 0. The van der Waals surface area contributed by atoms with E-state index in [1.54, 1.807) is 11.3 Å². The van der Waals surface area contributed by atoms with Crippen LogP contribution in [0, 0.1) is 6.92 Å². The van der Waals surface area contributed by atoms with Gasteiger partial charge in [-0.25, -0.2) is 0 Å². The highest BCUT2D eigenvalue weighted by atomic mass is 32.2. The minimum atomic E-state index is 0.0555. The van der Waals surface area contributed by atoms with Gasteiger partial charge in [0.05, 0.1) is 0 Å². The summed E-state index contributed by atoms with van der Waals surface area (Å²) in [6.07, 6.45) is 0. The van der Waals surface area contributed by atoms with E-state index in [0.717, 1.165) is 18.0 Å². The number of rotatable bonds is 4. The van der Waals surface area contributed by atoms with Gasteiger partial charge in [-0.05, 0) is 31.2 Å². The molecule has 0 bridgehead atoms. The van der Waals surface area contributed by atoms with Crippen molar-refractivity contribution < 1.29 is 9.53 Å². The lowest BCUT2D eigenvalue weighted by Gasteiger charge is -2.23. The molecule has 0 radical (unpaired) electrons. The summed E-state index contributed by atoms with van der Waals surface area (Å²) in [5.41, 5.74) is 0. The third kappa shape index (κ3) is 3.41. The van der Waals surface area contributed by atoms with Crippen molar-refractivity contribution in [2.45, 2.75) is 12.3 Å². The molecule has 0 N–H and O–H groups in total. The van der Waals surface area contributed by atoms with E-state index in [-0.39, 0.29) is 17.9 Å². The van der Waals surface area contributed by atoms with E-state index in [1.165, 1.54) is 9.75 Å². The molecule has 1 fully saturated rings. The molecule has 0 spiro atoms. The number of nitrogens with zero attached hydrogens (tertiary/aromatic N) is 1. The molecule has 1 aromatic carbocycles. The summed E-state index contributed by atoms with van der Waals surface area (Å²) in [5.74, 6) is 1.78. The lowest BCUT2D eigenvalue weighted by atomic mass is 10.3. The van der Waals surface area contributed by atoms with Crippen LogP contribution in [0.25, 0.3) is 0 Å². The van der Waals surface area contributed by atoms with Gasteiger partial charge >= 0.3 is 0 Å². The molecule has 1 amide bonds. The van der Waals surface area contributed by atoms with Gasteiger partial charge in [-0.3, -0.25) is 4.79 Å². The standard InChI is InChI=1S/C16H17NO2S2/c1-12-7-8-14(21-12)16-17(9-10-20-16)15(18)11-19-13-5-3-2-4-6-13/h2-8,16H,9-11H2,1H3. The Labute approximate surface area is 132 Å². The zero-order valence-electron chi connectivity index (χ0n) is 11.8. The Morgan fingerprint density at radius 3 is 2.81 bits per heavy atom. The Balaban J connectivity index is 1.63. The summed E-state index contributed by atoms with van der Waals surface area (Å²) in [5, 5.41) is 0.149. The number of benzene rings is 1. The molecule has 110 valence electrons. The third-order valence-corrected chi connectivity index (χ3v) is 5.77. The smallest absolute Gasteiger partial charge is 0.261 e. The zero-order chi connectivity index (χ0) is 14.7. The first-order chi connectivity index (χ1) is 10.2. The second-order valence-corrected chi connectivity index (χ2v) is 7.37. The molecule has 1 unspecified atom stereocenters. The Morgan fingerprint density at radius 1 is 1.29 bits per heavy atom. The first-order valence-electron chi connectivity index (χ1n) is 6.89. The van der Waals surface area contributed by atoms with Crippen molar-refractivity contribution in [2.24, 2.45) is 0 Å². The van der Waals surface area contributed by atoms with Crippen LogP contribution in [0.4, 0.5) is 0 Å². The van der Waals surface area contributed by atoms with Crippen LogP contribution in [-0.2, 0) is 4.79 Å². The van der Waals surface area contributed by atoms with Crippen LogP contribution in [0.3, 0.4) is 0 Å². The van der Waals surface area contributed by atoms with Crippen molar-refractivity contribution >= 4 is 29.0 Å². The molecule has 5 heteroatoms. The molecule has 21 heavy (non-hydrogen) atoms. The quantitative estimate of drug-likeness (QED) is 0.860. The molecule has 2 heterocycles. The molecule has 1 aliphatic heterocycles. The molecule has 2 aromatic rings. The van der Waals surface area contributed by atoms with Crippen molar-refractivity contribution in [1.82, 2.24) is 4.90 Å². The van der Waals surface area contributed by atoms with Gasteiger partial charge in [0.15, 0.2) is 6.61 Å². The maximum Gasteiger partial charge on any atom is 0.261 e. The summed E-state index contributed by atoms with van der Waals surface area (Å²) >= 11 is 3.59. The SMILES string of the molecule is Cc1ccc(C2SCCN2C(=O)COc2ccccc2)s1. The van der Waals surface area contributed by atoms with Crippen molar-refractivity contribution in [3.63, 3.8) is 0 Å². The van der Waals surface area contributed by atoms with Crippen molar-refractivity contribution in [1.29, 1.82) is 0 Å². The molecule has 3 nitrogen and oxygen atoms in total. The number of thioether (sulfide) groups is 1. The zero-order valence-corrected chi connectivity index (χ0v) is 13.5. The van der Waals surface area contributed by atoms with Gasteiger partial charge in [-0.1, -0.05) is 18.2 Å². The molecule has 3 rings (SSSR count). The summed E-state index contributed by atoms with van der Waals surface area (Å²) < 4.78 is 5.57. The molecule has 0 aliphatic carbocycles. The summed E-state index contributed by atoms with van der Waals surface area (Å²) in [4.78, 5) is 16.9. The highest BCUT2D eigenvalue weighted by molar-refractivity contribution is 7.99. The lowest BCUT2D eigenvalue weighted by molar-refractivity contribution is -0.133. The fourth-order valence-electron chi connectivity index (χ4n) is 2.29. The molecular formula is C16H17NO2S2. The Morgan fingerprint density at radius 2 is 2.10 bits per heavy atom. The van der Waals surface area contributed by atoms with Gasteiger partial charge in [0.25, 0.3) is 5.91 Å². The van der Waals surface area contributed by atoms with E-state index in [4.69, 9.17) is 4.74 Å². The van der Waals surface area contributed by atoms with Crippen LogP contribution in [0.2, 0.25) is 0 Å². The molecule has 1 aromatic heterocycles. The average Bonchev–Trinajstić information content (AvgIpc) is 3.14. The van der Waals surface area contributed by atoms with Crippen LogP contribution < -0.4 is 4.74 Å². The third-order valence-electron chi connectivity index (χ3n) is 3.32. The summed E-state index contributed by atoms with van der Waals surface area (Å²) in [6, 6.07) is 13.7. The summed E-state index contributed by atoms with van der Waals surface area (Å²) in [7, 11) is 0. The van der Waals surface area contributed by atoms with Gasteiger partial charge in [0.2, 0.25) is 0 Å². The van der Waals surface area contributed by atoms with Crippen molar-refractivity contribution in [3.05, 3.63) is 52.2 Å². The van der Waals surface area contributed by atoms with Gasteiger partial charge in [-0.2, -0.15) is 0 Å². The van der Waals surface area contributed by atoms with Crippen LogP contribution in [0.15, 0.2) is 42.5 Å². The topological polar surface area (TPSA) is 29.5 Å². The van der Waals surface area contributed by atoms with Crippen LogP contribution in [0.5, 0.6) is 5.75 Å². The predicted octanol–water partition coefficient (Wildman–Crippen LogP) is 3.71. The molecule has 1 saturated heterocycles. The second kappa shape index (κ2) is 6.54. The lowest BCUT2D eigenvalue weighted by Crippen LogP contribution is -2.34. The maximum atomic E-state index is 12.4. The fourth-order valence-corrected chi connectivity index (χ4v) is 4.68. The molecule has 1 aliphatic rings. The van der Waals surface area contributed by atoms with Gasteiger partial charge in [0, 0.05) is 22.1 Å². The monoisotopic (exact) mass is 319 g/mol. The first-order valence-corrected chi connectivity index (χ1v) is 8.76. The first kappa shape index (κ1) is 14.5. The average molecular weight is 319 g/mol. The van der Waals surface area contributed by atoms with Gasteiger partial charge in [-0.15, -0.1) is 23.1 Å². The number of amides is 1. The van der Waals surface area contributed by atoms with E-state index in [0.29, 0.717) is 0 Å². The second-order valence-electron chi connectivity index (χ2n) is 4.86. The highest BCUT2D eigenvalue weighted by Gasteiger charge is 2.31. The minimum Gasteiger partial charge on any atom is -0.484 e. The fraction of sp³-hybridized carbons (Fsp3) is 0.312. The van der Waals surface area contributed by atoms with Gasteiger partial charge in [0.1, 0.15) is 11.1 Å². The Hall–Kier alpha value is -1.46. The van der Waals surface area contributed by atoms with Crippen LogP contribution >= 0.6 is 23.1 Å². The van der Waals surface area contributed by atoms with E-state index >= 15 is 0 Å². The number of carbonyl (C=O) groups is 1. The van der Waals surface area contributed by atoms with Gasteiger partial charge < -0.3 is 9.64 Å². The number of thiophene rings is 1. The van der Waals surface area contributed by atoms with Crippen molar-refractivity contribution in [3.8, 4) is 5.75 Å². The van der Waals surface area contributed by atoms with E-state index in [9.17, 15) is 4.79 Å². The normalized spacial score (nSPS) is 18.0. The van der Waals surface area contributed by atoms with E-state index in [1.807, 2.05) is 47.0 Å². The highest BCUT2D eigenvalue weighted by Crippen LogP contribution is 2.40. The molecular weight excluding hydrogens is 302 g/mol. The van der Waals surface area contributed by atoms with Crippen LogP contribution in [-0.4, -0.2) is 29.7 Å². The number of ether oxygens (including phenoxy) is 1. The maximum absolute atomic E-state index is 12.4. The number of hydrogen-bond acceptors (Lipinski definition) is 4. The largest absolute Gasteiger partial charge is 0.484 e. The van der Waals surface area contributed by atoms with E-state index < -0.39 is 0 Å².